The van der Waals surface area contributed by atoms with E-state index in [1.807, 2.05) is 0 Å². The van der Waals surface area contributed by atoms with Gasteiger partial charge in [0.2, 0.25) is 0 Å². The second kappa shape index (κ2) is 5.35. The fourth-order valence-electron chi connectivity index (χ4n) is 1.50. The van der Waals surface area contributed by atoms with Gasteiger partial charge in [-0.2, -0.15) is 4.98 Å². The minimum atomic E-state index is 0.0789. The molecule has 1 aromatic carbocycles. The van der Waals surface area contributed by atoms with E-state index >= 15 is 0 Å². The molecule has 0 amide bonds. The lowest BCUT2D eigenvalue weighted by molar-refractivity contribution is 0.403. The van der Waals surface area contributed by atoms with Crippen LogP contribution in [0.25, 0.3) is 12.2 Å². The van der Waals surface area contributed by atoms with Crippen molar-refractivity contribution >= 4 is 17.8 Å². The van der Waals surface area contributed by atoms with E-state index in [2.05, 4.69) is 17.1 Å². The third-order valence-corrected chi connectivity index (χ3v) is 2.43. The van der Waals surface area contributed by atoms with Crippen LogP contribution in [0.3, 0.4) is 0 Å². The summed E-state index contributed by atoms with van der Waals surface area (Å²) in [5.41, 5.74) is 6.80. The van der Waals surface area contributed by atoms with Crippen molar-refractivity contribution in [3.63, 3.8) is 0 Å². The summed E-state index contributed by atoms with van der Waals surface area (Å²) >= 11 is 0. The number of nitrogen functional groups attached to an aromatic ring is 1. The number of anilines is 1. The van der Waals surface area contributed by atoms with Gasteiger partial charge in [0.15, 0.2) is 5.82 Å². The number of aromatic nitrogens is 2. The van der Waals surface area contributed by atoms with Crippen molar-refractivity contribution in [3.05, 3.63) is 35.5 Å². The summed E-state index contributed by atoms with van der Waals surface area (Å²) in [4.78, 5) is 4.21. The van der Waals surface area contributed by atoms with Gasteiger partial charge in [0, 0.05) is 12.5 Å². The molecule has 3 N–H and O–H groups in total. The van der Waals surface area contributed by atoms with Gasteiger partial charge in [-0.1, -0.05) is 18.1 Å². The Morgan fingerprint density at radius 3 is 2.94 bits per heavy atom. The van der Waals surface area contributed by atoms with Gasteiger partial charge in [-0.05, 0) is 30.2 Å². The lowest BCUT2D eigenvalue weighted by atomic mass is 10.2. The average molecular weight is 245 g/mol. The lowest BCUT2D eigenvalue weighted by Crippen LogP contribution is -1.86. The average Bonchev–Trinajstić information content (AvgIpc) is 2.79. The molecule has 0 saturated heterocycles. The van der Waals surface area contributed by atoms with Gasteiger partial charge in [-0.15, -0.1) is 0 Å². The zero-order valence-electron chi connectivity index (χ0n) is 10.1. The highest BCUT2D eigenvalue weighted by Gasteiger charge is 2.02. The number of hydrogen-bond acceptors (Lipinski definition) is 5. The molecule has 1 heterocycles. The maximum Gasteiger partial charge on any atom is 0.250 e. The molecule has 0 bridgehead atoms. The molecule has 0 aliphatic carbocycles. The first kappa shape index (κ1) is 12.2. The third-order valence-electron chi connectivity index (χ3n) is 2.43. The van der Waals surface area contributed by atoms with Crippen molar-refractivity contribution in [1.29, 1.82) is 0 Å². The lowest BCUT2D eigenvalue weighted by Gasteiger charge is -1.98. The Labute approximate surface area is 105 Å². The zero-order valence-corrected chi connectivity index (χ0v) is 10.1. The van der Waals surface area contributed by atoms with Gasteiger partial charge < -0.3 is 15.4 Å². The van der Waals surface area contributed by atoms with Crippen LogP contribution in [0.1, 0.15) is 30.6 Å². The molecule has 0 unspecified atom stereocenters. The number of phenols is 1. The second-order valence-electron chi connectivity index (χ2n) is 3.95. The van der Waals surface area contributed by atoms with Crippen LogP contribution in [0, 0.1) is 0 Å². The minimum absolute atomic E-state index is 0.0789. The van der Waals surface area contributed by atoms with Crippen LogP contribution in [-0.4, -0.2) is 15.2 Å². The van der Waals surface area contributed by atoms with Crippen LogP contribution >= 0.6 is 0 Å². The van der Waals surface area contributed by atoms with E-state index in [0.29, 0.717) is 17.4 Å². The Bertz CT molecular complexity index is 561. The molecule has 0 spiro atoms. The number of nitrogens with zero attached hydrogens (tertiary/aromatic N) is 2. The van der Waals surface area contributed by atoms with Crippen molar-refractivity contribution in [3.8, 4) is 5.75 Å². The van der Waals surface area contributed by atoms with Crippen LogP contribution < -0.4 is 5.73 Å². The summed E-state index contributed by atoms with van der Waals surface area (Å²) in [6.07, 6.45) is 5.32. The quantitative estimate of drug-likeness (QED) is 0.638. The largest absolute Gasteiger partial charge is 0.506 e. The molecule has 0 aliphatic rings. The molecule has 0 aliphatic heterocycles. The predicted molar refractivity (Wildman–Crippen MR) is 69.7 cm³/mol. The molecule has 94 valence electrons. The summed E-state index contributed by atoms with van der Waals surface area (Å²) in [5.74, 6) is 1.25. The van der Waals surface area contributed by atoms with Gasteiger partial charge in [0.1, 0.15) is 5.75 Å². The second-order valence-corrected chi connectivity index (χ2v) is 3.95. The molecule has 18 heavy (non-hydrogen) atoms. The maximum absolute atomic E-state index is 9.30. The van der Waals surface area contributed by atoms with Gasteiger partial charge in [0.25, 0.3) is 5.89 Å². The summed E-state index contributed by atoms with van der Waals surface area (Å²) in [6.45, 7) is 2.06. The Hall–Kier alpha value is -2.30. The fraction of sp³-hybridized carbons (Fsp3) is 0.231. The van der Waals surface area contributed by atoms with Crippen molar-refractivity contribution < 1.29 is 9.63 Å². The Balaban J connectivity index is 2.11. The first-order valence-electron chi connectivity index (χ1n) is 5.78. The highest BCUT2D eigenvalue weighted by Crippen LogP contribution is 2.21. The SMILES string of the molecule is CCCc1noc(C=Cc2ccc(O)c(N)c2)n1. The molecule has 2 rings (SSSR count). The molecular formula is C13H15N3O2. The number of rotatable bonds is 4. The molecule has 0 fully saturated rings. The topological polar surface area (TPSA) is 85.2 Å². The molecule has 5 nitrogen and oxygen atoms in total. The number of aryl methyl sites for hydroxylation is 1. The predicted octanol–water partition coefficient (Wildman–Crippen LogP) is 2.48. The van der Waals surface area contributed by atoms with Gasteiger partial charge >= 0.3 is 0 Å². The highest BCUT2D eigenvalue weighted by molar-refractivity contribution is 5.69. The molecule has 5 heteroatoms. The monoisotopic (exact) mass is 245 g/mol. The molecule has 1 aromatic heterocycles. The van der Waals surface area contributed by atoms with E-state index in [1.54, 1.807) is 30.4 Å². The van der Waals surface area contributed by atoms with Crippen LogP contribution in [-0.2, 0) is 6.42 Å². The molecule has 0 saturated carbocycles. The van der Waals surface area contributed by atoms with Gasteiger partial charge in [-0.25, -0.2) is 0 Å². The molecular weight excluding hydrogens is 230 g/mol. The molecule has 2 aromatic rings. The minimum Gasteiger partial charge on any atom is -0.506 e. The van der Waals surface area contributed by atoms with Crippen molar-refractivity contribution in [2.45, 2.75) is 19.8 Å². The number of nitrogens with two attached hydrogens (primary N) is 1. The smallest absolute Gasteiger partial charge is 0.250 e. The summed E-state index contributed by atoms with van der Waals surface area (Å²) < 4.78 is 5.06. The molecule has 0 radical (unpaired) electrons. The summed E-state index contributed by atoms with van der Waals surface area (Å²) in [5, 5.41) is 13.1. The van der Waals surface area contributed by atoms with Crippen molar-refractivity contribution in [1.82, 2.24) is 10.1 Å². The van der Waals surface area contributed by atoms with E-state index in [1.165, 1.54) is 0 Å². The van der Waals surface area contributed by atoms with E-state index in [0.717, 1.165) is 18.4 Å². The van der Waals surface area contributed by atoms with Crippen molar-refractivity contribution in [2.24, 2.45) is 0 Å². The third kappa shape index (κ3) is 2.88. The van der Waals surface area contributed by atoms with Gasteiger partial charge in [-0.3, -0.25) is 0 Å². The van der Waals surface area contributed by atoms with Crippen LogP contribution in [0.2, 0.25) is 0 Å². The van der Waals surface area contributed by atoms with Gasteiger partial charge in [0.05, 0.1) is 5.69 Å². The highest BCUT2D eigenvalue weighted by atomic mass is 16.5. The van der Waals surface area contributed by atoms with Crippen molar-refractivity contribution in [2.75, 3.05) is 5.73 Å². The summed E-state index contributed by atoms with van der Waals surface area (Å²) in [7, 11) is 0. The summed E-state index contributed by atoms with van der Waals surface area (Å²) in [6, 6.07) is 4.98. The fourth-order valence-corrected chi connectivity index (χ4v) is 1.50. The van der Waals surface area contributed by atoms with E-state index < -0.39 is 0 Å². The number of phenolic OH excluding ortho intramolecular Hbond substituents is 1. The number of hydrogen-bond donors (Lipinski definition) is 2. The van der Waals surface area contributed by atoms with E-state index in [4.69, 9.17) is 10.3 Å². The van der Waals surface area contributed by atoms with Crippen LogP contribution in [0.4, 0.5) is 5.69 Å². The standard InChI is InChI=1S/C13H15N3O2/c1-2-3-12-15-13(18-16-12)7-5-9-4-6-11(17)10(14)8-9/h4-8,17H,2-3,14H2,1H3. The normalized spacial score (nSPS) is 11.2. The Morgan fingerprint density at radius 2 is 2.22 bits per heavy atom. The molecule has 0 atom stereocenters. The number of benzene rings is 1. The van der Waals surface area contributed by atoms with Crippen LogP contribution in [0.5, 0.6) is 5.75 Å². The first-order chi connectivity index (χ1) is 8.69. The van der Waals surface area contributed by atoms with E-state index in [-0.39, 0.29) is 5.75 Å². The Morgan fingerprint density at radius 1 is 1.39 bits per heavy atom. The zero-order chi connectivity index (χ0) is 13.0. The van der Waals surface area contributed by atoms with E-state index in [9.17, 15) is 5.11 Å². The van der Waals surface area contributed by atoms with Crippen LogP contribution in [0.15, 0.2) is 22.7 Å². The number of aromatic hydroxyl groups is 1. The Kier molecular flexibility index (Phi) is 3.62. The first-order valence-corrected chi connectivity index (χ1v) is 5.78. The maximum atomic E-state index is 9.30.